The molecule has 1 N–H and O–H groups in total. The van der Waals surface area contributed by atoms with E-state index in [1.807, 2.05) is 18.7 Å². The van der Waals surface area contributed by atoms with Crippen molar-refractivity contribution in [3.63, 3.8) is 0 Å². The summed E-state index contributed by atoms with van der Waals surface area (Å²) >= 11 is 0. The minimum absolute atomic E-state index is 0.0114. The molecule has 1 aliphatic carbocycles. The van der Waals surface area contributed by atoms with Gasteiger partial charge in [0.05, 0.1) is 5.60 Å². The van der Waals surface area contributed by atoms with Gasteiger partial charge in [-0.3, -0.25) is 9.69 Å². The van der Waals surface area contributed by atoms with Crippen molar-refractivity contribution in [1.82, 2.24) is 15.0 Å². The molecule has 1 atom stereocenters. The summed E-state index contributed by atoms with van der Waals surface area (Å²) in [4.78, 5) is 17.4. The molecule has 1 aromatic heterocycles. The molecule has 1 aromatic rings. The number of aryl methyl sites for hydroxylation is 1. The Labute approximate surface area is 155 Å². The van der Waals surface area contributed by atoms with Crippen LogP contribution in [0.4, 0.5) is 0 Å². The Morgan fingerprint density at radius 3 is 2.38 bits per heavy atom. The summed E-state index contributed by atoms with van der Waals surface area (Å²) < 4.78 is 5.39. The van der Waals surface area contributed by atoms with Crippen molar-refractivity contribution in [2.45, 2.75) is 70.9 Å². The first-order chi connectivity index (χ1) is 12.4. The highest BCUT2D eigenvalue weighted by Gasteiger charge is 2.56. The van der Waals surface area contributed by atoms with Crippen molar-refractivity contribution < 1.29 is 14.4 Å². The minimum atomic E-state index is -0.563. The zero-order chi connectivity index (χ0) is 18.4. The molecule has 3 aliphatic rings. The maximum atomic E-state index is 13.1. The van der Waals surface area contributed by atoms with E-state index in [0.29, 0.717) is 18.8 Å². The molecule has 0 aromatic carbocycles. The van der Waals surface area contributed by atoms with Crippen LogP contribution in [0.3, 0.4) is 0 Å². The van der Waals surface area contributed by atoms with Crippen molar-refractivity contribution in [1.29, 1.82) is 0 Å². The van der Waals surface area contributed by atoms with Gasteiger partial charge in [0.2, 0.25) is 0 Å². The first-order valence-corrected chi connectivity index (χ1v) is 10.1. The number of piperidine rings is 2. The predicted molar refractivity (Wildman–Crippen MR) is 97.8 cm³/mol. The second-order valence-electron chi connectivity index (χ2n) is 8.75. The Kier molecular flexibility index (Phi) is 4.59. The average Bonchev–Trinajstić information content (AvgIpc) is 3.02. The summed E-state index contributed by atoms with van der Waals surface area (Å²) in [5.74, 6) is 0.747. The van der Waals surface area contributed by atoms with Crippen LogP contribution in [0.5, 0.6) is 0 Å². The maximum Gasteiger partial charge on any atom is 0.276 e. The minimum Gasteiger partial charge on any atom is -0.390 e. The van der Waals surface area contributed by atoms with E-state index < -0.39 is 5.60 Å². The molecular weight excluding hydrogens is 330 g/mol. The third kappa shape index (κ3) is 2.97. The van der Waals surface area contributed by atoms with E-state index in [1.54, 1.807) is 0 Å². The molecule has 0 bridgehead atoms. The second kappa shape index (κ2) is 6.64. The normalized spacial score (nSPS) is 29.0. The summed E-state index contributed by atoms with van der Waals surface area (Å²) in [6.45, 7) is 8.17. The zero-order valence-electron chi connectivity index (χ0n) is 16.1. The quantitative estimate of drug-likeness (QED) is 0.896. The van der Waals surface area contributed by atoms with E-state index in [1.165, 1.54) is 19.3 Å². The highest BCUT2D eigenvalue weighted by atomic mass is 16.5. The summed E-state index contributed by atoms with van der Waals surface area (Å²) in [6.07, 6.45) is 7.45. The Morgan fingerprint density at radius 1 is 1.12 bits per heavy atom. The van der Waals surface area contributed by atoms with Crippen molar-refractivity contribution in [2.24, 2.45) is 5.41 Å². The number of aliphatic hydroxyl groups is 1. The van der Waals surface area contributed by atoms with E-state index in [2.05, 4.69) is 10.1 Å². The molecule has 1 spiro atoms. The van der Waals surface area contributed by atoms with Crippen molar-refractivity contribution >= 4 is 5.91 Å². The number of amides is 1. The van der Waals surface area contributed by atoms with Gasteiger partial charge in [-0.05, 0) is 65.5 Å². The molecule has 6 heteroatoms. The smallest absolute Gasteiger partial charge is 0.276 e. The summed E-state index contributed by atoms with van der Waals surface area (Å²) in [6, 6.07) is 0. The van der Waals surface area contributed by atoms with Gasteiger partial charge >= 0.3 is 0 Å². The molecule has 144 valence electrons. The molecule has 1 saturated carbocycles. The fourth-order valence-corrected chi connectivity index (χ4v) is 5.00. The molecular formula is C20H31N3O3. The maximum absolute atomic E-state index is 13.1. The predicted octanol–water partition coefficient (Wildman–Crippen LogP) is 2.74. The Balaban J connectivity index is 1.44. The Bertz CT molecular complexity index is 668. The summed E-state index contributed by atoms with van der Waals surface area (Å²) in [7, 11) is 0. The number of rotatable bonds is 3. The Hall–Kier alpha value is -1.40. The zero-order valence-corrected chi connectivity index (χ0v) is 16.1. The number of carbonyl (C=O) groups excluding carboxylic acids is 1. The van der Waals surface area contributed by atoms with Crippen LogP contribution in [-0.4, -0.2) is 57.8 Å². The van der Waals surface area contributed by atoms with Gasteiger partial charge in [-0.15, -0.1) is 0 Å². The fraction of sp³-hybridized carbons (Fsp3) is 0.800. The summed E-state index contributed by atoms with van der Waals surface area (Å²) in [5.41, 5.74) is 0.892. The largest absolute Gasteiger partial charge is 0.390 e. The van der Waals surface area contributed by atoms with E-state index in [9.17, 15) is 9.90 Å². The third-order valence-electron chi connectivity index (χ3n) is 7.26. The first kappa shape index (κ1) is 18.0. The molecule has 0 radical (unpaired) electrons. The van der Waals surface area contributed by atoms with Crippen LogP contribution in [0.25, 0.3) is 0 Å². The summed E-state index contributed by atoms with van der Waals surface area (Å²) in [5, 5.41) is 14.6. The number of likely N-dealkylation sites (tertiary alicyclic amines) is 2. The van der Waals surface area contributed by atoms with Gasteiger partial charge in [0.25, 0.3) is 5.91 Å². The van der Waals surface area contributed by atoms with Crippen LogP contribution in [0.2, 0.25) is 0 Å². The molecule has 2 aliphatic heterocycles. The van der Waals surface area contributed by atoms with Gasteiger partial charge in [-0.1, -0.05) is 11.6 Å². The topological polar surface area (TPSA) is 69.8 Å². The molecule has 6 nitrogen and oxygen atoms in total. The fourth-order valence-electron chi connectivity index (χ4n) is 5.00. The molecule has 3 fully saturated rings. The van der Waals surface area contributed by atoms with Gasteiger partial charge in [0.15, 0.2) is 5.69 Å². The van der Waals surface area contributed by atoms with Gasteiger partial charge in [-0.25, -0.2) is 0 Å². The van der Waals surface area contributed by atoms with Crippen LogP contribution >= 0.6 is 0 Å². The second-order valence-corrected chi connectivity index (χ2v) is 8.75. The van der Waals surface area contributed by atoms with E-state index >= 15 is 0 Å². The molecule has 1 unspecified atom stereocenters. The lowest BCUT2D eigenvalue weighted by Gasteiger charge is -2.58. The number of aromatic nitrogens is 1. The lowest BCUT2D eigenvalue weighted by atomic mass is 9.53. The number of nitrogens with zero attached hydrogens (tertiary/aromatic N) is 3. The van der Waals surface area contributed by atoms with E-state index in [0.717, 1.165) is 56.6 Å². The average molecular weight is 361 g/mol. The first-order valence-electron chi connectivity index (χ1n) is 10.1. The molecule has 3 heterocycles. The SMILES string of the molecule is Cc1onc(C(=O)N2CCC3(CC2)CCC3(C)O)c1CN1CCCCC1. The van der Waals surface area contributed by atoms with Crippen LogP contribution < -0.4 is 0 Å². The lowest BCUT2D eigenvalue weighted by Crippen LogP contribution is -2.60. The van der Waals surface area contributed by atoms with Crippen molar-refractivity contribution in [3.05, 3.63) is 17.0 Å². The van der Waals surface area contributed by atoms with Crippen molar-refractivity contribution in [2.75, 3.05) is 26.2 Å². The molecule has 1 amide bonds. The Morgan fingerprint density at radius 2 is 1.81 bits per heavy atom. The van der Waals surface area contributed by atoms with Gasteiger partial charge in [0, 0.05) is 30.6 Å². The monoisotopic (exact) mass is 361 g/mol. The van der Waals surface area contributed by atoms with Crippen LogP contribution in [0.15, 0.2) is 4.52 Å². The number of hydrogen-bond donors (Lipinski definition) is 1. The van der Waals surface area contributed by atoms with Gasteiger partial charge in [0.1, 0.15) is 5.76 Å². The van der Waals surface area contributed by atoms with Crippen LogP contribution in [-0.2, 0) is 6.54 Å². The molecule has 26 heavy (non-hydrogen) atoms. The van der Waals surface area contributed by atoms with Crippen LogP contribution in [0, 0.1) is 12.3 Å². The van der Waals surface area contributed by atoms with E-state index in [4.69, 9.17) is 4.52 Å². The number of carbonyl (C=O) groups is 1. The van der Waals surface area contributed by atoms with Gasteiger partial charge in [-0.2, -0.15) is 0 Å². The van der Waals surface area contributed by atoms with Gasteiger partial charge < -0.3 is 14.5 Å². The standard InChI is InChI=1S/C20H31N3O3/c1-15-16(14-22-10-4-3-5-11-22)17(21-26-15)18(24)23-12-8-20(9-13-23)7-6-19(20,2)25/h25H,3-14H2,1-2H3. The molecule has 2 saturated heterocycles. The molecule has 4 rings (SSSR count). The highest BCUT2D eigenvalue weighted by molar-refractivity contribution is 5.93. The highest BCUT2D eigenvalue weighted by Crippen LogP contribution is 2.56. The lowest BCUT2D eigenvalue weighted by molar-refractivity contribution is -0.174. The van der Waals surface area contributed by atoms with Crippen molar-refractivity contribution in [3.8, 4) is 0 Å². The van der Waals surface area contributed by atoms with Crippen LogP contribution in [0.1, 0.15) is 73.7 Å². The third-order valence-corrected chi connectivity index (χ3v) is 7.26. The number of hydrogen-bond acceptors (Lipinski definition) is 5. The van der Waals surface area contributed by atoms with E-state index in [-0.39, 0.29) is 11.3 Å².